The lowest BCUT2D eigenvalue weighted by molar-refractivity contribution is -0.0517. The van der Waals surface area contributed by atoms with E-state index in [-0.39, 0.29) is 24.1 Å². The SMILES string of the molecule is COc1ccc([S+](c2ccc(C)cc2)c2ccccc2OCCO)cc1.O=S(=O)([O-])C(F)(F)F. The summed E-state index contributed by atoms with van der Waals surface area (Å²) in [5.74, 6) is 1.65. The molecule has 11 heteroatoms. The van der Waals surface area contributed by atoms with Crippen LogP contribution in [0.25, 0.3) is 0 Å². The van der Waals surface area contributed by atoms with Crippen molar-refractivity contribution in [2.24, 2.45) is 0 Å². The minimum Gasteiger partial charge on any atom is -0.741 e. The predicted molar refractivity (Wildman–Crippen MR) is 121 cm³/mol. The highest BCUT2D eigenvalue weighted by Gasteiger charge is 2.37. The molecule has 0 spiro atoms. The third kappa shape index (κ3) is 7.66. The maximum atomic E-state index is 10.7. The number of hydrogen-bond donors (Lipinski definition) is 1. The molecule has 6 nitrogen and oxygen atoms in total. The van der Waals surface area contributed by atoms with E-state index in [0.717, 1.165) is 16.4 Å². The number of rotatable bonds is 7. The fourth-order valence-electron chi connectivity index (χ4n) is 2.67. The van der Waals surface area contributed by atoms with Crippen molar-refractivity contribution < 1.29 is 40.7 Å². The number of halogens is 3. The molecular formula is C23H23F3O6S2. The van der Waals surface area contributed by atoms with E-state index >= 15 is 0 Å². The average molecular weight is 517 g/mol. The second-order valence-corrected chi connectivity index (χ2v) is 10.1. The maximum absolute atomic E-state index is 10.7. The molecule has 3 aromatic rings. The fraction of sp³-hybridized carbons (Fsp3) is 0.217. The minimum atomic E-state index is -6.09. The third-order valence-electron chi connectivity index (χ3n) is 4.25. The summed E-state index contributed by atoms with van der Waals surface area (Å²) in [6.45, 7) is 2.37. The van der Waals surface area contributed by atoms with Crippen LogP contribution in [0.2, 0.25) is 0 Å². The minimum absolute atomic E-state index is 0.00478. The topological polar surface area (TPSA) is 95.9 Å². The molecule has 0 aliphatic rings. The number of benzene rings is 3. The molecule has 0 saturated carbocycles. The van der Waals surface area contributed by atoms with E-state index in [4.69, 9.17) is 27.6 Å². The van der Waals surface area contributed by atoms with E-state index in [1.165, 1.54) is 15.4 Å². The number of aliphatic hydroxyl groups excluding tert-OH is 1. The Morgan fingerprint density at radius 1 is 0.941 bits per heavy atom. The molecule has 0 aromatic heterocycles. The Balaban J connectivity index is 0.000000440. The Morgan fingerprint density at radius 2 is 1.44 bits per heavy atom. The van der Waals surface area contributed by atoms with Gasteiger partial charge in [0, 0.05) is 0 Å². The molecule has 3 rings (SSSR count). The van der Waals surface area contributed by atoms with Gasteiger partial charge >= 0.3 is 5.51 Å². The average Bonchev–Trinajstić information content (AvgIpc) is 2.79. The Kier molecular flexibility index (Phi) is 9.80. The van der Waals surface area contributed by atoms with Crippen LogP contribution >= 0.6 is 0 Å². The number of methoxy groups -OCH3 is 1. The van der Waals surface area contributed by atoms with Crippen LogP contribution < -0.4 is 9.47 Å². The molecular weight excluding hydrogens is 493 g/mol. The molecule has 0 bridgehead atoms. The molecule has 0 saturated heterocycles. The van der Waals surface area contributed by atoms with Crippen LogP contribution in [0.4, 0.5) is 13.2 Å². The summed E-state index contributed by atoms with van der Waals surface area (Å²) in [7, 11) is -4.73. The second-order valence-electron chi connectivity index (χ2n) is 6.71. The lowest BCUT2D eigenvalue weighted by Gasteiger charge is -2.13. The first-order valence-corrected chi connectivity index (χ1v) is 12.4. The van der Waals surface area contributed by atoms with Gasteiger partial charge in [0.15, 0.2) is 25.7 Å². The zero-order chi connectivity index (χ0) is 25.4. The predicted octanol–water partition coefficient (Wildman–Crippen LogP) is 4.52. The number of alkyl halides is 3. The maximum Gasteiger partial charge on any atom is 0.485 e. The quantitative estimate of drug-likeness (QED) is 0.282. The molecule has 0 aliphatic heterocycles. The van der Waals surface area contributed by atoms with Crippen LogP contribution in [-0.4, -0.2) is 43.9 Å². The zero-order valence-electron chi connectivity index (χ0n) is 18.3. The molecule has 3 aromatic carbocycles. The Labute approximate surface area is 199 Å². The van der Waals surface area contributed by atoms with Gasteiger partial charge in [-0.3, -0.25) is 0 Å². The normalized spacial score (nSPS) is 12.3. The molecule has 0 heterocycles. The molecule has 0 fully saturated rings. The van der Waals surface area contributed by atoms with Crippen molar-refractivity contribution in [2.45, 2.75) is 27.1 Å². The highest BCUT2D eigenvalue weighted by Crippen LogP contribution is 2.37. The van der Waals surface area contributed by atoms with Gasteiger partial charge in [-0.2, -0.15) is 13.2 Å². The van der Waals surface area contributed by atoms with Crippen molar-refractivity contribution in [2.75, 3.05) is 20.3 Å². The van der Waals surface area contributed by atoms with Gasteiger partial charge in [0.1, 0.15) is 23.3 Å². The van der Waals surface area contributed by atoms with Gasteiger partial charge in [-0.1, -0.05) is 29.8 Å². The van der Waals surface area contributed by atoms with Gasteiger partial charge in [0.05, 0.1) is 13.7 Å². The summed E-state index contributed by atoms with van der Waals surface area (Å²) in [6.07, 6.45) is 0. The highest BCUT2D eigenvalue weighted by molar-refractivity contribution is 7.97. The van der Waals surface area contributed by atoms with Gasteiger partial charge < -0.3 is 19.1 Å². The summed E-state index contributed by atoms with van der Waals surface area (Å²) < 4.78 is 70.0. The molecule has 184 valence electrons. The first kappa shape index (κ1) is 27.5. The third-order valence-corrected chi connectivity index (χ3v) is 7.08. The summed E-state index contributed by atoms with van der Waals surface area (Å²) >= 11 is 0. The van der Waals surface area contributed by atoms with Gasteiger partial charge in [-0.05, 0) is 55.5 Å². The number of aliphatic hydroxyl groups is 1. The van der Waals surface area contributed by atoms with Crippen LogP contribution in [-0.2, 0) is 21.0 Å². The van der Waals surface area contributed by atoms with E-state index < -0.39 is 15.6 Å². The van der Waals surface area contributed by atoms with Crippen molar-refractivity contribution >= 4 is 21.0 Å². The van der Waals surface area contributed by atoms with Crippen LogP contribution in [0, 0.1) is 6.92 Å². The first-order valence-electron chi connectivity index (χ1n) is 9.77. The molecule has 1 unspecified atom stereocenters. The number of aryl methyl sites for hydroxylation is 1. The van der Waals surface area contributed by atoms with Crippen LogP contribution in [0.3, 0.4) is 0 Å². The Morgan fingerprint density at radius 3 is 1.91 bits per heavy atom. The van der Waals surface area contributed by atoms with Crippen molar-refractivity contribution in [1.82, 2.24) is 0 Å². The molecule has 0 radical (unpaired) electrons. The van der Waals surface area contributed by atoms with Crippen molar-refractivity contribution in [3.8, 4) is 11.5 Å². The fourth-order valence-corrected chi connectivity index (χ4v) is 4.81. The summed E-state index contributed by atoms with van der Waals surface area (Å²) in [6, 6.07) is 24.8. The standard InChI is InChI=1S/C22H23O3S.CHF3O3S/c1-17-7-11-19(12-8-17)26(20-13-9-18(24-2)10-14-20)22-6-4-3-5-21(22)25-16-15-23;2-1(3,4)8(5,6)7/h3-14,23H,15-16H2,1-2H3;(H,5,6,7)/q+1;/p-1. The van der Waals surface area contributed by atoms with E-state index in [0.29, 0.717) is 0 Å². The zero-order valence-corrected chi connectivity index (χ0v) is 19.9. The summed E-state index contributed by atoms with van der Waals surface area (Å²) in [5, 5.41) is 9.14. The summed E-state index contributed by atoms with van der Waals surface area (Å²) in [4.78, 5) is 3.52. The first-order chi connectivity index (χ1) is 16.0. The van der Waals surface area contributed by atoms with Crippen molar-refractivity contribution in [3.63, 3.8) is 0 Å². The number of hydrogen-bond acceptors (Lipinski definition) is 6. The largest absolute Gasteiger partial charge is 0.741 e. The van der Waals surface area contributed by atoms with E-state index in [9.17, 15) is 13.2 Å². The lowest BCUT2D eigenvalue weighted by Crippen LogP contribution is -2.21. The Bertz CT molecular complexity index is 1150. The highest BCUT2D eigenvalue weighted by atomic mass is 32.2. The number of ether oxygens (including phenoxy) is 2. The van der Waals surface area contributed by atoms with Gasteiger partial charge in [0.25, 0.3) is 0 Å². The van der Waals surface area contributed by atoms with E-state index in [1.54, 1.807) is 7.11 Å². The van der Waals surface area contributed by atoms with Gasteiger partial charge in [0.2, 0.25) is 4.90 Å². The molecule has 0 aliphatic carbocycles. The van der Waals surface area contributed by atoms with E-state index in [2.05, 4.69) is 49.4 Å². The van der Waals surface area contributed by atoms with Crippen molar-refractivity contribution in [3.05, 3.63) is 78.4 Å². The number of para-hydroxylation sites is 1. The summed E-state index contributed by atoms with van der Waals surface area (Å²) in [5.41, 5.74) is -4.41. The monoisotopic (exact) mass is 516 g/mol. The van der Waals surface area contributed by atoms with Gasteiger partial charge in [-0.25, -0.2) is 8.42 Å². The molecule has 34 heavy (non-hydrogen) atoms. The Hall–Kier alpha value is -2.73. The van der Waals surface area contributed by atoms with Crippen LogP contribution in [0.15, 0.2) is 87.5 Å². The smallest absolute Gasteiger partial charge is 0.485 e. The molecule has 1 N–H and O–H groups in total. The lowest BCUT2D eigenvalue weighted by atomic mass is 10.2. The van der Waals surface area contributed by atoms with E-state index in [1.807, 2.05) is 30.3 Å². The van der Waals surface area contributed by atoms with Gasteiger partial charge in [-0.15, -0.1) is 0 Å². The van der Waals surface area contributed by atoms with Crippen LogP contribution in [0.5, 0.6) is 11.5 Å². The molecule has 0 amide bonds. The second kappa shape index (κ2) is 12.1. The molecule has 1 atom stereocenters. The van der Waals surface area contributed by atoms with Crippen LogP contribution in [0.1, 0.15) is 5.56 Å². The van der Waals surface area contributed by atoms with Crippen molar-refractivity contribution in [1.29, 1.82) is 0 Å².